The molecule has 0 aromatic heterocycles. The van der Waals surface area contributed by atoms with Crippen molar-refractivity contribution in [1.82, 2.24) is 26.2 Å². The van der Waals surface area contributed by atoms with Gasteiger partial charge in [-0.3, -0.25) is 24.0 Å². The van der Waals surface area contributed by atoms with Gasteiger partial charge in [0.05, 0.1) is 26.8 Å². The first kappa shape index (κ1) is 45.1. The highest BCUT2D eigenvalue weighted by molar-refractivity contribution is 5.95. The van der Waals surface area contributed by atoms with Gasteiger partial charge >= 0.3 is 0 Å². The van der Waals surface area contributed by atoms with E-state index < -0.39 is 35.8 Å². The number of carbonyl (C=O) groups is 5. The van der Waals surface area contributed by atoms with Gasteiger partial charge in [0.25, 0.3) is 5.91 Å². The van der Waals surface area contributed by atoms with Crippen LogP contribution in [0.15, 0.2) is 66.7 Å². The summed E-state index contributed by atoms with van der Waals surface area (Å²) in [6.07, 6.45) is 2.12. The Labute approximate surface area is 335 Å². The van der Waals surface area contributed by atoms with E-state index in [-0.39, 0.29) is 56.2 Å². The van der Waals surface area contributed by atoms with Gasteiger partial charge in [0.15, 0.2) is 11.5 Å². The summed E-state index contributed by atoms with van der Waals surface area (Å²) in [5, 5.41) is 11.3. The summed E-state index contributed by atoms with van der Waals surface area (Å²) in [5.41, 5.74) is 8.25. The van der Waals surface area contributed by atoms with Crippen LogP contribution in [0.3, 0.4) is 0 Å². The molecule has 3 atom stereocenters. The number of nitrogens with zero attached hydrogens (tertiary/aromatic N) is 1. The molecular formula is C41H55ClN6O8. The second kappa shape index (κ2) is 22.3. The van der Waals surface area contributed by atoms with E-state index in [1.165, 1.54) is 19.1 Å². The highest BCUT2D eigenvalue weighted by Crippen LogP contribution is 2.35. The third kappa shape index (κ3) is 13.4. The average molecular weight is 795 g/mol. The minimum absolute atomic E-state index is 0. The summed E-state index contributed by atoms with van der Waals surface area (Å²) in [4.78, 5) is 68.6. The first-order valence-corrected chi connectivity index (χ1v) is 18.6. The summed E-state index contributed by atoms with van der Waals surface area (Å²) in [6.45, 7) is 5.75. The standard InChI is InChI=1S/C41H54N6O8.ClH/c1-26(2)21-32(42)41(52)47-20-10-9-19-43-39(50)29-15-18-34(53-4)36(22-29)55-31-16-14-30(35(23-31)54-5)24-44-38(49)27(3)45-40(51)33(46-37(48)25-47)17-13-28-11-7-6-8-12-28;/h6-8,11-12,14-16,18,22-23,26-27,32-33H,9-10,13,17,19-21,24-25,42H2,1-5H3,(H,43,50)(H,44,49)(H,45,51)(H,46,48);1H/t27-,32+,33-;/m0./s1. The molecule has 15 heteroatoms. The van der Waals surface area contributed by atoms with Crippen LogP contribution in [0.2, 0.25) is 0 Å². The maximum atomic E-state index is 13.7. The second-order valence-corrected chi connectivity index (χ2v) is 14.0. The van der Waals surface area contributed by atoms with Crippen LogP contribution in [-0.4, -0.2) is 86.4 Å². The molecule has 5 amide bonds. The average Bonchev–Trinajstić information content (AvgIpc) is 3.17. The second-order valence-electron chi connectivity index (χ2n) is 14.0. The number of hydrogen-bond acceptors (Lipinski definition) is 9. The van der Waals surface area contributed by atoms with Crippen LogP contribution in [0.5, 0.6) is 23.0 Å². The Bertz CT molecular complexity index is 1790. The highest BCUT2D eigenvalue weighted by atomic mass is 35.5. The minimum atomic E-state index is -1.00. The number of halogens is 1. The topological polar surface area (TPSA) is 190 Å². The van der Waals surface area contributed by atoms with Crippen molar-refractivity contribution < 1.29 is 38.2 Å². The molecular weight excluding hydrogens is 740 g/mol. The van der Waals surface area contributed by atoms with Gasteiger partial charge in [0.1, 0.15) is 23.6 Å². The van der Waals surface area contributed by atoms with E-state index in [0.717, 1.165) is 5.56 Å². The van der Waals surface area contributed by atoms with E-state index in [1.807, 2.05) is 44.2 Å². The van der Waals surface area contributed by atoms with Crippen LogP contribution >= 0.6 is 12.4 Å². The smallest absolute Gasteiger partial charge is 0.251 e. The Balaban J connectivity index is 0.00000841. The van der Waals surface area contributed by atoms with Crippen molar-refractivity contribution in [2.75, 3.05) is 33.9 Å². The van der Waals surface area contributed by atoms with Crippen LogP contribution in [0.4, 0.5) is 0 Å². The maximum Gasteiger partial charge on any atom is 0.251 e. The van der Waals surface area contributed by atoms with Crippen molar-refractivity contribution in [3.63, 3.8) is 0 Å². The van der Waals surface area contributed by atoms with Crippen molar-refractivity contribution in [2.24, 2.45) is 11.7 Å². The Kier molecular flexibility index (Phi) is 17.9. The normalized spacial score (nSPS) is 18.1. The molecule has 4 bridgehead atoms. The van der Waals surface area contributed by atoms with Crippen molar-refractivity contribution in [3.05, 3.63) is 83.4 Å². The lowest BCUT2D eigenvalue weighted by molar-refractivity contribution is -0.138. The summed E-state index contributed by atoms with van der Waals surface area (Å²) in [5.74, 6) is -0.530. The molecule has 0 fully saturated rings. The van der Waals surface area contributed by atoms with E-state index >= 15 is 0 Å². The lowest BCUT2D eigenvalue weighted by Gasteiger charge is -2.27. The molecule has 3 aromatic rings. The Morgan fingerprint density at radius 3 is 2.34 bits per heavy atom. The van der Waals surface area contributed by atoms with Gasteiger partial charge in [-0.1, -0.05) is 44.2 Å². The molecule has 2 aliphatic heterocycles. The van der Waals surface area contributed by atoms with Crippen molar-refractivity contribution >= 4 is 41.9 Å². The van der Waals surface area contributed by atoms with Crippen LogP contribution in [0.1, 0.15) is 67.9 Å². The van der Waals surface area contributed by atoms with Crippen LogP contribution in [0, 0.1) is 5.92 Å². The van der Waals surface area contributed by atoms with Crippen molar-refractivity contribution in [3.8, 4) is 23.0 Å². The maximum absolute atomic E-state index is 13.7. The van der Waals surface area contributed by atoms with Gasteiger partial charge < -0.3 is 46.1 Å². The predicted octanol–water partition coefficient (Wildman–Crippen LogP) is 3.88. The number of rotatable bonds is 8. The fourth-order valence-corrected chi connectivity index (χ4v) is 6.15. The number of benzene rings is 3. The SMILES string of the molecule is COc1cc2ccc1CNC(=O)[C@H](C)NC(=O)[C@H](CCc1ccccc1)NC(=O)CN(C(=O)[C@H](N)CC(C)C)CCCCNC(=O)c1ccc(OC)c(c1)O2.Cl. The molecule has 5 rings (SSSR count). The van der Waals surface area contributed by atoms with E-state index in [2.05, 4.69) is 21.3 Å². The van der Waals surface area contributed by atoms with Crippen molar-refractivity contribution in [1.29, 1.82) is 0 Å². The molecule has 2 aliphatic rings. The molecule has 0 saturated carbocycles. The Morgan fingerprint density at radius 2 is 1.64 bits per heavy atom. The zero-order valence-corrected chi connectivity index (χ0v) is 33.5. The minimum Gasteiger partial charge on any atom is -0.496 e. The van der Waals surface area contributed by atoms with Gasteiger partial charge in [-0.2, -0.15) is 0 Å². The van der Waals surface area contributed by atoms with Crippen LogP contribution in [-0.2, 0) is 32.1 Å². The summed E-state index contributed by atoms with van der Waals surface area (Å²) < 4.78 is 17.2. The number of nitrogens with two attached hydrogens (primary N) is 1. The molecule has 0 saturated heterocycles. The van der Waals surface area contributed by atoms with Gasteiger partial charge in [-0.15, -0.1) is 12.4 Å². The number of hydrogen-bond donors (Lipinski definition) is 5. The summed E-state index contributed by atoms with van der Waals surface area (Å²) in [6, 6.07) is 16.7. The molecule has 14 nitrogen and oxygen atoms in total. The zero-order valence-electron chi connectivity index (χ0n) is 32.7. The number of nitrogens with one attached hydrogen (secondary N) is 4. The molecule has 0 spiro atoms. The molecule has 304 valence electrons. The lowest BCUT2D eigenvalue weighted by Crippen LogP contribution is -2.55. The van der Waals surface area contributed by atoms with Gasteiger partial charge in [-0.05, 0) is 80.8 Å². The van der Waals surface area contributed by atoms with Gasteiger partial charge in [-0.25, -0.2) is 0 Å². The van der Waals surface area contributed by atoms with Crippen LogP contribution in [0.25, 0.3) is 0 Å². The fourth-order valence-electron chi connectivity index (χ4n) is 6.15. The third-order valence-corrected chi connectivity index (χ3v) is 9.16. The lowest BCUT2D eigenvalue weighted by atomic mass is 10.0. The number of fused-ring (bicyclic) bond motifs is 18. The number of ether oxygens (including phenoxy) is 3. The van der Waals surface area contributed by atoms with Gasteiger partial charge in [0.2, 0.25) is 23.6 Å². The molecule has 0 unspecified atom stereocenters. The molecule has 56 heavy (non-hydrogen) atoms. The first-order valence-electron chi connectivity index (χ1n) is 18.6. The van der Waals surface area contributed by atoms with E-state index in [1.54, 1.807) is 43.3 Å². The number of amides is 5. The fraction of sp³-hybridized carbons (Fsp3) is 0.439. The number of carbonyl (C=O) groups excluding carboxylic acids is 5. The molecule has 0 radical (unpaired) electrons. The van der Waals surface area contributed by atoms with E-state index in [9.17, 15) is 24.0 Å². The number of methoxy groups -OCH3 is 2. The molecule has 3 aromatic carbocycles. The first-order chi connectivity index (χ1) is 26.4. The van der Waals surface area contributed by atoms with Crippen LogP contribution < -0.4 is 41.2 Å². The summed E-state index contributed by atoms with van der Waals surface area (Å²) >= 11 is 0. The molecule has 2 heterocycles. The number of aryl methyl sites for hydroxylation is 1. The van der Waals surface area contributed by atoms with Crippen molar-refractivity contribution in [2.45, 2.75) is 77.5 Å². The summed E-state index contributed by atoms with van der Waals surface area (Å²) in [7, 11) is 2.99. The largest absolute Gasteiger partial charge is 0.496 e. The predicted molar refractivity (Wildman–Crippen MR) is 215 cm³/mol. The Morgan fingerprint density at radius 1 is 0.911 bits per heavy atom. The Hall–Kier alpha value is -5.34. The van der Waals surface area contributed by atoms with E-state index in [0.29, 0.717) is 66.4 Å². The monoisotopic (exact) mass is 794 g/mol. The highest BCUT2D eigenvalue weighted by Gasteiger charge is 2.28. The quantitative estimate of drug-likeness (QED) is 0.211. The zero-order chi connectivity index (χ0) is 39.9. The van der Waals surface area contributed by atoms with Gasteiger partial charge in [0, 0.05) is 36.8 Å². The third-order valence-electron chi connectivity index (χ3n) is 9.16. The molecule has 6 N–H and O–H groups in total. The molecule has 0 aliphatic carbocycles. The van der Waals surface area contributed by atoms with E-state index in [4.69, 9.17) is 19.9 Å².